The summed E-state index contributed by atoms with van der Waals surface area (Å²) in [6.07, 6.45) is 0. The first-order chi connectivity index (χ1) is 9.40. The molecule has 0 amide bonds. The maximum Gasteiger partial charge on any atom is 0.131 e. The molecule has 0 fully saturated rings. The highest BCUT2D eigenvalue weighted by Gasteiger charge is 2.17. The molecule has 20 heavy (non-hydrogen) atoms. The van der Waals surface area contributed by atoms with Gasteiger partial charge >= 0.3 is 0 Å². The van der Waals surface area contributed by atoms with Gasteiger partial charge in [-0.2, -0.15) is 0 Å². The number of benzene rings is 2. The Balaban J connectivity index is 2.36. The summed E-state index contributed by atoms with van der Waals surface area (Å²) < 4.78 is 27.1. The molecule has 0 bridgehead atoms. The van der Waals surface area contributed by atoms with Crippen LogP contribution in [0.25, 0.3) is 0 Å². The number of hydrogen-bond acceptors (Lipinski definition) is 0. The molecular formula is C17H17ClF2. The van der Waals surface area contributed by atoms with Crippen LogP contribution >= 0.6 is 11.6 Å². The summed E-state index contributed by atoms with van der Waals surface area (Å²) in [5.41, 5.74) is 2.71. The Labute approximate surface area is 123 Å². The Bertz CT molecular complexity index is 603. The zero-order valence-electron chi connectivity index (χ0n) is 11.8. The van der Waals surface area contributed by atoms with Gasteiger partial charge in [0, 0.05) is 11.6 Å². The molecule has 0 aliphatic rings. The minimum Gasteiger partial charge on any atom is -0.207 e. The molecule has 2 aromatic rings. The van der Waals surface area contributed by atoms with E-state index in [2.05, 4.69) is 13.8 Å². The summed E-state index contributed by atoms with van der Waals surface area (Å²) >= 11 is 6.33. The van der Waals surface area contributed by atoms with Gasteiger partial charge in [-0.25, -0.2) is 8.78 Å². The van der Waals surface area contributed by atoms with Crippen molar-refractivity contribution in [1.29, 1.82) is 0 Å². The lowest BCUT2D eigenvalue weighted by Crippen LogP contribution is -2.00. The van der Waals surface area contributed by atoms with Gasteiger partial charge < -0.3 is 0 Å². The number of rotatable bonds is 3. The molecule has 106 valence electrons. The van der Waals surface area contributed by atoms with Gasteiger partial charge in [0.15, 0.2) is 0 Å². The number of halogens is 3. The summed E-state index contributed by atoms with van der Waals surface area (Å²) in [7, 11) is 0. The van der Waals surface area contributed by atoms with Gasteiger partial charge in [0.25, 0.3) is 0 Å². The third-order valence-corrected chi connectivity index (χ3v) is 3.93. The molecule has 0 saturated carbocycles. The van der Waals surface area contributed by atoms with E-state index in [1.807, 2.05) is 24.3 Å². The molecule has 3 heteroatoms. The van der Waals surface area contributed by atoms with Crippen molar-refractivity contribution in [2.45, 2.75) is 32.1 Å². The van der Waals surface area contributed by atoms with Crippen molar-refractivity contribution in [1.82, 2.24) is 0 Å². The van der Waals surface area contributed by atoms with E-state index in [0.29, 0.717) is 17.0 Å². The fourth-order valence-electron chi connectivity index (χ4n) is 2.10. The maximum atomic E-state index is 13.8. The molecule has 0 N–H and O–H groups in total. The first-order valence-corrected chi connectivity index (χ1v) is 7.03. The van der Waals surface area contributed by atoms with Crippen LogP contribution in [0.15, 0.2) is 36.4 Å². The topological polar surface area (TPSA) is 0 Å². The Morgan fingerprint density at radius 3 is 2.00 bits per heavy atom. The maximum absolute atomic E-state index is 13.8. The zero-order chi connectivity index (χ0) is 14.9. The lowest BCUT2D eigenvalue weighted by atomic mass is 9.97. The van der Waals surface area contributed by atoms with E-state index in [1.165, 1.54) is 11.6 Å². The number of aryl methyl sites for hydroxylation is 1. The van der Waals surface area contributed by atoms with Crippen LogP contribution in [0.4, 0.5) is 8.78 Å². The Kier molecular flexibility index (Phi) is 4.44. The van der Waals surface area contributed by atoms with E-state index >= 15 is 0 Å². The molecule has 2 aromatic carbocycles. The normalized spacial score (nSPS) is 12.8. The Hall–Kier alpha value is -1.41. The van der Waals surface area contributed by atoms with E-state index in [-0.39, 0.29) is 0 Å². The smallest absolute Gasteiger partial charge is 0.131 e. The predicted molar refractivity (Wildman–Crippen MR) is 79.3 cm³/mol. The molecule has 0 saturated heterocycles. The molecule has 0 nitrogen and oxygen atoms in total. The first-order valence-electron chi connectivity index (χ1n) is 6.59. The second-order valence-electron chi connectivity index (χ2n) is 5.31. The van der Waals surface area contributed by atoms with Crippen molar-refractivity contribution in [3.63, 3.8) is 0 Å². The molecule has 1 unspecified atom stereocenters. The molecular weight excluding hydrogens is 278 g/mol. The van der Waals surface area contributed by atoms with Crippen molar-refractivity contribution in [2.75, 3.05) is 0 Å². The van der Waals surface area contributed by atoms with Crippen molar-refractivity contribution in [3.8, 4) is 0 Å². The average molecular weight is 295 g/mol. The fourth-order valence-corrected chi connectivity index (χ4v) is 2.42. The molecule has 2 rings (SSSR count). The molecule has 0 aliphatic carbocycles. The first kappa shape index (κ1) is 15.0. The van der Waals surface area contributed by atoms with Gasteiger partial charge in [-0.15, -0.1) is 11.6 Å². The fraction of sp³-hybridized carbons (Fsp3) is 0.294. The van der Waals surface area contributed by atoms with Crippen LogP contribution in [-0.4, -0.2) is 0 Å². The highest BCUT2D eigenvalue weighted by atomic mass is 35.5. The number of alkyl halides is 1. The predicted octanol–water partition coefficient (Wildman–Crippen LogP) is 5.72. The molecule has 0 heterocycles. The van der Waals surface area contributed by atoms with Gasteiger partial charge in [-0.3, -0.25) is 0 Å². The third-order valence-electron chi connectivity index (χ3n) is 3.45. The summed E-state index contributed by atoms with van der Waals surface area (Å²) in [5, 5.41) is -0.615. The molecule has 0 radical (unpaired) electrons. The zero-order valence-corrected chi connectivity index (χ0v) is 12.5. The monoisotopic (exact) mass is 294 g/mol. The highest BCUT2D eigenvalue weighted by molar-refractivity contribution is 6.22. The van der Waals surface area contributed by atoms with Crippen LogP contribution in [-0.2, 0) is 0 Å². The highest BCUT2D eigenvalue weighted by Crippen LogP contribution is 2.32. The second kappa shape index (κ2) is 5.92. The van der Waals surface area contributed by atoms with E-state index in [0.717, 1.165) is 11.6 Å². The van der Waals surface area contributed by atoms with Gasteiger partial charge in [0.1, 0.15) is 11.6 Å². The van der Waals surface area contributed by atoms with Crippen molar-refractivity contribution in [3.05, 3.63) is 70.3 Å². The standard InChI is InChI=1S/C17H17ClF2/c1-10(2)12-4-6-13(7-5-12)17(18)14-8-11(3)15(19)9-16(14)20/h4-10,17H,1-3H3. The molecule has 0 spiro atoms. The summed E-state index contributed by atoms with van der Waals surface area (Å²) in [6, 6.07) is 10.1. The van der Waals surface area contributed by atoms with Gasteiger partial charge in [-0.05, 0) is 35.6 Å². The molecule has 0 aromatic heterocycles. The molecule has 0 aliphatic heterocycles. The van der Waals surface area contributed by atoms with E-state index in [9.17, 15) is 8.78 Å². The lowest BCUT2D eigenvalue weighted by molar-refractivity contribution is 0.568. The number of hydrogen-bond donors (Lipinski definition) is 0. The van der Waals surface area contributed by atoms with Crippen molar-refractivity contribution >= 4 is 11.6 Å². The summed E-state index contributed by atoms with van der Waals surface area (Å²) in [5.74, 6) is -0.728. The van der Waals surface area contributed by atoms with Crippen LogP contribution in [0.1, 0.15) is 47.4 Å². The van der Waals surface area contributed by atoms with Crippen LogP contribution < -0.4 is 0 Å². The SMILES string of the molecule is Cc1cc(C(Cl)c2ccc(C(C)C)cc2)c(F)cc1F. The Morgan fingerprint density at radius 1 is 0.900 bits per heavy atom. The average Bonchev–Trinajstić information content (AvgIpc) is 2.42. The van der Waals surface area contributed by atoms with Crippen LogP contribution in [0.2, 0.25) is 0 Å². The quantitative estimate of drug-likeness (QED) is 0.635. The van der Waals surface area contributed by atoms with Gasteiger partial charge in [0.05, 0.1) is 5.38 Å². The summed E-state index contributed by atoms with van der Waals surface area (Å²) in [6.45, 7) is 5.82. The molecule has 1 atom stereocenters. The third kappa shape index (κ3) is 3.01. The van der Waals surface area contributed by atoms with Crippen LogP contribution in [0, 0.1) is 18.6 Å². The van der Waals surface area contributed by atoms with Crippen molar-refractivity contribution in [2.24, 2.45) is 0 Å². The van der Waals surface area contributed by atoms with Gasteiger partial charge in [0.2, 0.25) is 0 Å². The largest absolute Gasteiger partial charge is 0.207 e. The Morgan fingerprint density at radius 2 is 1.45 bits per heavy atom. The lowest BCUT2D eigenvalue weighted by Gasteiger charge is -2.14. The van der Waals surface area contributed by atoms with E-state index < -0.39 is 17.0 Å². The summed E-state index contributed by atoms with van der Waals surface area (Å²) in [4.78, 5) is 0. The van der Waals surface area contributed by atoms with E-state index in [4.69, 9.17) is 11.6 Å². The minimum absolute atomic E-state index is 0.308. The van der Waals surface area contributed by atoms with Crippen LogP contribution in [0.3, 0.4) is 0 Å². The van der Waals surface area contributed by atoms with E-state index in [1.54, 1.807) is 6.92 Å². The van der Waals surface area contributed by atoms with Crippen LogP contribution in [0.5, 0.6) is 0 Å². The minimum atomic E-state index is -0.615. The van der Waals surface area contributed by atoms with Crippen molar-refractivity contribution < 1.29 is 8.78 Å². The van der Waals surface area contributed by atoms with Gasteiger partial charge in [-0.1, -0.05) is 38.1 Å². The second-order valence-corrected chi connectivity index (χ2v) is 5.74.